The van der Waals surface area contributed by atoms with Crippen LogP contribution in [0.2, 0.25) is 0 Å². The summed E-state index contributed by atoms with van der Waals surface area (Å²) in [6.45, 7) is 16.8. The molecule has 0 aliphatic heterocycles. The van der Waals surface area contributed by atoms with Gasteiger partial charge in [0, 0.05) is 0 Å². The zero-order chi connectivity index (χ0) is 21.5. The van der Waals surface area contributed by atoms with Crippen molar-refractivity contribution in [2.45, 2.75) is 26.7 Å². The van der Waals surface area contributed by atoms with E-state index in [0.29, 0.717) is 0 Å². The third-order valence-electron chi connectivity index (χ3n) is 5.53. The van der Waals surface area contributed by atoms with Gasteiger partial charge in [-0.3, -0.25) is 0 Å². The summed E-state index contributed by atoms with van der Waals surface area (Å²) in [6, 6.07) is 19.2. The Labute approximate surface area is 181 Å². The summed E-state index contributed by atoms with van der Waals surface area (Å²) < 4.78 is 0. The highest BCUT2D eigenvalue weighted by atomic mass is 14.2. The highest BCUT2D eigenvalue weighted by Gasteiger charge is 2.19. The minimum atomic E-state index is 0.918. The van der Waals surface area contributed by atoms with Gasteiger partial charge >= 0.3 is 0 Å². The second-order valence-electron chi connectivity index (χ2n) is 7.20. The van der Waals surface area contributed by atoms with Crippen molar-refractivity contribution in [3.63, 3.8) is 0 Å². The Kier molecular flexibility index (Phi) is 7.03. The fourth-order valence-electron chi connectivity index (χ4n) is 4.14. The summed E-state index contributed by atoms with van der Waals surface area (Å²) in [5, 5.41) is 2.45. The maximum atomic E-state index is 4.20. The first-order chi connectivity index (χ1) is 14.7. The molecule has 0 aliphatic carbocycles. The molecule has 0 aromatic heterocycles. The van der Waals surface area contributed by atoms with Gasteiger partial charge in [-0.25, -0.2) is 0 Å². The lowest BCUT2D eigenvalue weighted by Gasteiger charge is -2.22. The smallest absolute Gasteiger partial charge is 0.00239 e. The number of hydrogen-bond donors (Lipinski definition) is 0. The number of hydrogen-bond acceptors (Lipinski definition) is 0. The second kappa shape index (κ2) is 9.89. The lowest BCUT2D eigenvalue weighted by atomic mass is 9.82. The van der Waals surface area contributed by atoms with Crippen molar-refractivity contribution >= 4 is 28.5 Å². The Balaban J connectivity index is 2.58. The van der Waals surface area contributed by atoms with Crippen molar-refractivity contribution in [3.8, 4) is 11.1 Å². The third-order valence-corrected chi connectivity index (χ3v) is 5.53. The lowest BCUT2D eigenvalue weighted by Crippen LogP contribution is -1.99. The predicted octanol–water partition coefficient (Wildman–Crippen LogP) is 9.11. The van der Waals surface area contributed by atoms with Crippen molar-refractivity contribution in [1.82, 2.24) is 0 Å². The molecule has 150 valence electrons. The van der Waals surface area contributed by atoms with Gasteiger partial charge in [0.05, 0.1) is 0 Å². The third kappa shape index (κ3) is 3.86. The summed E-state index contributed by atoms with van der Waals surface area (Å²) in [6.07, 6.45) is 12.3. The molecule has 3 rings (SSSR count). The molecule has 0 heterocycles. The van der Waals surface area contributed by atoms with E-state index in [1.54, 1.807) is 0 Å². The highest BCUT2D eigenvalue weighted by Crippen LogP contribution is 2.42. The molecule has 0 heteroatoms. The van der Waals surface area contributed by atoms with Crippen LogP contribution in [0.3, 0.4) is 0 Å². The summed E-state index contributed by atoms with van der Waals surface area (Å²) in [5.74, 6) is 0. The fraction of sp³-hybridized carbons (Fsp3) is 0.133. The van der Waals surface area contributed by atoms with E-state index in [-0.39, 0.29) is 0 Å². The van der Waals surface area contributed by atoms with Gasteiger partial charge in [-0.05, 0) is 62.6 Å². The van der Waals surface area contributed by atoms with Gasteiger partial charge in [-0.15, -0.1) is 0 Å². The summed E-state index contributed by atoms with van der Waals surface area (Å²) in [5.41, 5.74) is 8.27. The molecule has 0 N–H and O–H groups in total. The van der Waals surface area contributed by atoms with Crippen LogP contribution in [0.5, 0.6) is 0 Å². The average molecular weight is 391 g/mol. The van der Waals surface area contributed by atoms with Crippen LogP contribution < -0.4 is 0 Å². The largest absolute Gasteiger partial charge is 0.0988 e. The Morgan fingerprint density at radius 2 is 1.43 bits per heavy atom. The maximum Gasteiger partial charge on any atom is -0.00239 e. The quantitative estimate of drug-likeness (QED) is 0.336. The molecule has 0 spiro atoms. The topological polar surface area (TPSA) is 0 Å². The van der Waals surface area contributed by atoms with E-state index in [9.17, 15) is 0 Å². The van der Waals surface area contributed by atoms with Crippen LogP contribution in [0.1, 0.15) is 43.4 Å². The SMILES string of the molecule is C=C/C(CC)=C(/C=C\CC)c1c(C=C)c(C=C)c(-c2ccccc2)c2ccccc12. The van der Waals surface area contributed by atoms with Crippen molar-refractivity contribution < 1.29 is 0 Å². The van der Waals surface area contributed by atoms with Gasteiger partial charge in [-0.2, -0.15) is 0 Å². The first-order valence-corrected chi connectivity index (χ1v) is 10.6. The van der Waals surface area contributed by atoms with Crippen molar-refractivity contribution in [2.24, 2.45) is 0 Å². The minimum absolute atomic E-state index is 0.918. The molecule has 0 aliphatic rings. The zero-order valence-corrected chi connectivity index (χ0v) is 18.1. The van der Waals surface area contributed by atoms with E-state index in [1.807, 2.05) is 18.2 Å². The predicted molar refractivity (Wildman–Crippen MR) is 136 cm³/mol. The summed E-state index contributed by atoms with van der Waals surface area (Å²) in [4.78, 5) is 0. The van der Waals surface area contributed by atoms with E-state index in [4.69, 9.17) is 0 Å². The molecule has 0 radical (unpaired) electrons. The van der Waals surface area contributed by atoms with E-state index in [2.05, 4.69) is 100 Å². The number of benzene rings is 3. The maximum absolute atomic E-state index is 4.20. The van der Waals surface area contributed by atoms with Crippen LogP contribution in [0.4, 0.5) is 0 Å². The van der Waals surface area contributed by atoms with Crippen LogP contribution in [-0.4, -0.2) is 0 Å². The van der Waals surface area contributed by atoms with Crippen LogP contribution in [0, 0.1) is 0 Å². The van der Waals surface area contributed by atoms with Crippen molar-refractivity contribution in [2.75, 3.05) is 0 Å². The average Bonchev–Trinajstić information content (AvgIpc) is 2.80. The van der Waals surface area contributed by atoms with Gasteiger partial charge in [0.25, 0.3) is 0 Å². The number of rotatable bonds is 8. The highest BCUT2D eigenvalue weighted by molar-refractivity contribution is 6.10. The molecule has 0 atom stereocenters. The molecule has 0 saturated heterocycles. The van der Waals surface area contributed by atoms with Crippen LogP contribution >= 0.6 is 0 Å². The normalized spacial score (nSPS) is 12.1. The minimum Gasteiger partial charge on any atom is -0.0988 e. The molecule has 0 amide bonds. The molecular weight excluding hydrogens is 360 g/mol. The lowest BCUT2D eigenvalue weighted by molar-refractivity contribution is 1.15. The molecule has 3 aromatic carbocycles. The van der Waals surface area contributed by atoms with E-state index in [1.165, 1.54) is 38.6 Å². The van der Waals surface area contributed by atoms with Gasteiger partial charge in [0.2, 0.25) is 0 Å². The van der Waals surface area contributed by atoms with E-state index >= 15 is 0 Å². The molecule has 0 fully saturated rings. The standard InChI is InChI=1S/C30H30/c1-6-11-19-26(22(7-2)8-3)30-25(10-5)24(9-4)29(23-17-13-12-14-18-23)27-20-15-16-21-28(27)30/h7,9-21H,2,4-6,8H2,1,3H3/b19-11-,26-22+. The molecule has 0 bridgehead atoms. The van der Waals surface area contributed by atoms with Crippen LogP contribution in [0.15, 0.2) is 98.1 Å². The Morgan fingerprint density at radius 1 is 0.800 bits per heavy atom. The van der Waals surface area contributed by atoms with Gasteiger partial charge in [-0.1, -0.05) is 119 Å². The zero-order valence-electron chi connectivity index (χ0n) is 18.1. The van der Waals surface area contributed by atoms with Crippen molar-refractivity contribution in [1.29, 1.82) is 0 Å². The first-order valence-electron chi connectivity index (χ1n) is 10.6. The Morgan fingerprint density at radius 3 is 2.00 bits per heavy atom. The molecule has 0 unspecified atom stereocenters. The fourth-order valence-corrected chi connectivity index (χ4v) is 4.14. The second-order valence-corrected chi connectivity index (χ2v) is 7.20. The molecule has 0 saturated carbocycles. The first kappa shape index (κ1) is 21.3. The summed E-state index contributed by atoms with van der Waals surface area (Å²) in [7, 11) is 0. The number of fused-ring (bicyclic) bond motifs is 1. The van der Waals surface area contributed by atoms with E-state index < -0.39 is 0 Å². The monoisotopic (exact) mass is 390 g/mol. The van der Waals surface area contributed by atoms with Gasteiger partial charge < -0.3 is 0 Å². The Hall–Kier alpha value is -3.38. The molecule has 30 heavy (non-hydrogen) atoms. The Bertz CT molecular complexity index is 1140. The summed E-state index contributed by atoms with van der Waals surface area (Å²) >= 11 is 0. The number of allylic oxidation sites excluding steroid dienone is 5. The van der Waals surface area contributed by atoms with Crippen LogP contribution in [-0.2, 0) is 0 Å². The van der Waals surface area contributed by atoms with Gasteiger partial charge in [0.15, 0.2) is 0 Å². The molecule has 3 aromatic rings. The van der Waals surface area contributed by atoms with Gasteiger partial charge in [0.1, 0.15) is 0 Å². The van der Waals surface area contributed by atoms with Crippen molar-refractivity contribution in [3.05, 3.63) is 115 Å². The molecule has 0 nitrogen and oxygen atoms in total. The van der Waals surface area contributed by atoms with E-state index in [0.717, 1.165) is 24.0 Å². The van der Waals surface area contributed by atoms with Crippen LogP contribution in [0.25, 0.3) is 39.6 Å². The molecular formula is C30H30.